The lowest BCUT2D eigenvalue weighted by molar-refractivity contribution is -0.115. The van der Waals surface area contributed by atoms with Crippen LogP contribution in [0.4, 0.5) is 10.1 Å². The van der Waals surface area contributed by atoms with Gasteiger partial charge in [-0.15, -0.1) is 0 Å². The SMILES string of the molecule is COc1ccc(CC(=O)Nc2cc(S(=O)(=O)N3CCOCC3)ccc2Oc2ccc(F)cc2)cc1. The zero-order valence-corrected chi connectivity index (χ0v) is 19.9. The van der Waals surface area contributed by atoms with Crippen LogP contribution in [0, 0.1) is 5.82 Å². The standard InChI is InChI=1S/C25H25FN2O6S/c1-32-20-6-2-18(3-7-20)16-25(29)27-23-17-22(35(30,31)28-12-14-33-15-13-28)10-11-24(23)34-21-8-4-19(26)5-9-21/h2-11,17H,12-16H2,1H3,(H,27,29). The third-order valence-corrected chi connectivity index (χ3v) is 7.29. The Hall–Kier alpha value is -3.47. The Labute approximate surface area is 203 Å². The van der Waals surface area contributed by atoms with Gasteiger partial charge < -0.3 is 19.5 Å². The molecule has 0 radical (unpaired) electrons. The minimum Gasteiger partial charge on any atom is -0.497 e. The molecule has 0 aromatic heterocycles. The van der Waals surface area contributed by atoms with E-state index >= 15 is 0 Å². The number of morpholine rings is 1. The van der Waals surface area contributed by atoms with Gasteiger partial charge >= 0.3 is 0 Å². The smallest absolute Gasteiger partial charge is 0.243 e. The van der Waals surface area contributed by atoms with E-state index in [0.29, 0.717) is 24.7 Å². The van der Waals surface area contributed by atoms with Crippen molar-refractivity contribution >= 4 is 21.6 Å². The van der Waals surface area contributed by atoms with Crippen molar-refractivity contribution in [3.63, 3.8) is 0 Å². The summed E-state index contributed by atoms with van der Waals surface area (Å²) in [6, 6.07) is 16.7. The number of hydrogen-bond acceptors (Lipinski definition) is 6. The quantitative estimate of drug-likeness (QED) is 0.505. The fraction of sp³-hybridized carbons (Fsp3) is 0.240. The molecular weight excluding hydrogens is 475 g/mol. The highest BCUT2D eigenvalue weighted by molar-refractivity contribution is 7.89. The van der Waals surface area contributed by atoms with Gasteiger partial charge in [-0.1, -0.05) is 12.1 Å². The van der Waals surface area contributed by atoms with Crippen LogP contribution in [-0.2, 0) is 26.0 Å². The summed E-state index contributed by atoms with van der Waals surface area (Å²) >= 11 is 0. The first-order valence-electron chi connectivity index (χ1n) is 10.9. The maximum atomic E-state index is 13.3. The number of anilines is 1. The molecule has 1 saturated heterocycles. The Kier molecular flexibility index (Phi) is 7.64. The van der Waals surface area contributed by atoms with Gasteiger partial charge in [-0.05, 0) is 60.2 Å². The van der Waals surface area contributed by atoms with Crippen molar-refractivity contribution in [2.75, 3.05) is 38.7 Å². The van der Waals surface area contributed by atoms with Gasteiger partial charge in [0, 0.05) is 13.1 Å². The summed E-state index contributed by atoms with van der Waals surface area (Å²) < 4.78 is 57.2. The van der Waals surface area contributed by atoms with Crippen LogP contribution in [0.2, 0.25) is 0 Å². The molecule has 0 unspecified atom stereocenters. The van der Waals surface area contributed by atoms with Gasteiger partial charge in [-0.25, -0.2) is 12.8 Å². The van der Waals surface area contributed by atoms with Crippen LogP contribution in [0.5, 0.6) is 17.2 Å². The Morgan fingerprint density at radius 2 is 1.66 bits per heavy atom. The average molecular weight is 501 g/mol. The first-order valence-corrected chi connectivity index (χ1v) is 12.4. The highest BCUT2D eigenvalue weighted by atomic mass is 32.2. The molecule has 35 heavy (non-hydrogen) atoms. The molecular formula is C25H25FN2O6S. The van der Waals surface area contributed by atoms with Gasteiger partial charge in [0.25, 0.3) is 0 Å². The molecule has 8 nitrogen and oxygen atoms in total. The number of carbonyl (C=O) groups is 1. The minimum atomic E-state index is -3.80. The molecule has 184 valence electrons. The molecule has 3 aromatic carbocycles. The van der Waals surface area contributed by atoms with E-state index in [2.05, 4.69) is 5.32 Å². The topological polar surface area (TPSA) is 94.2 Å². The fourth-order valence-corrected chi connectivity index (χ4v) is 4.98. The predicted molar refractivity (Wildman–Crippen MR) is 128 cm³/mol. The van der Waals surface area contributed by atoms with Crippen molar-refractivity contribution in [3.05, 3.63) is 78.1 Å². The zero-order chi connectivity index (χ0) is 24.8. The molecule has 10 heteroatoms. The zero-order valence-electron chi connectivity index (χ0n) is 19.1. The van der Waals surface area contributed by atoms with Crippen LogP contribution in [0.3, 0.4) is 0 Å². The maximum absolute atomic E-state index is 13.3. The van der Waals surface area contributed by atoms with Crippen LogP contribution in [0.1, 0.15) is 5.56 Å². The second-order valence-electron chi connectivity index (χ2n) is 7.80. The Morgan fingerprint density at radius 1 is 1.00 bits per heavy atom. The van der Waals surface area contributed by atoms with Gasteiger partial charge in [0.15, 0.2) is 5.75 Å². The van der Waals surface area contributed by atoms with Crippen LogP contribution in [0.15, 0.2) is 71.6 Å². The molecule has 4 rings (SSSR count). The molecule has 1 heterocycles. The number of nitrogens with one attached hydrogen (secondary N) is 1. The highest BCUT2D eigenvalue weighted by Gasteiger charge is 2.27. The van der Waals surface area contributed by atoms with Gasteiger partial charge in [-0.3, -0.25) is 4.79 Å². The van der Waals surface area contributed by atoms with Crippen molar-refractivity contribution in [1.82, 2.24) is 4.31 Å². The first kappa shape index (κ1) is 24.6. The maximum Gasteiger partial charge on any atom is 0.243 e. The lowest BCUT2D eigenvalue weighted by Gasteiger charge is -2.26. The van der Waals surface area contributed by atoms with E-state index in [4.69, 9.17) is 14.2 Å². The second-order valence-corrected chi connectivity index (χ2v) is 9.74. The monoisotopic (exact) mass is 500 g/mol. The number of halogens is 1. The van der Waals surface area contributed by atoms with E-state index in [1.807, 2.05) is 0 Å². The lowest BCUT2D eigenvalue weighted by atomic mass is 10.1. The lowest BCUT2D eigenvalue weighted by Crippen LogP contribution is -2.40. The third kappa shape index (κ3) is 6.16. The second kappa shape index (κ2) is 10.9. The molecule has 3 aromatic rings. The number of hydrogen-bond donors (Lipinski definition) is 1. The number of sulfonamides is 1. The molecule has 0 spiro atoms. The Morgan fingerprint density at radius 3 is 2.31 bits per heavy atom. The summed E-state index contributed by atoms with van der Waals surface area (Å²) in [6.07, 6.45) is 0.0560. The molecule has 0 bridgehead atoms. The van der Waals surface area contributed by atoms with E-state index in [9.17, 15) is 17.6 Å². The summed E-state index contributed by atoms with van der Waals surface area (Å²) in [5.74, 6) is 0.448. The molecule has 1 amide bonds. The Bertz CT molecular complexity index is 1270. The van der Waals surface area contributed by atoms with Crippen molar-refractivity contribution in [1.29, 1.82) is 0 Å². The molecule has 0 saturated carbocycles. The third-order valence-electron chi connectivity index (χ3n) is 5.40. The van der Waals surface area contributed by atoms with E-state index in [1.165, 1.54) is 46.8 Å². The largest absolute Gasteiger partial charge is 0.497 e. The van der Waals surface area contributed by atoms with Gasteiger partial charge in [0.05, 0.1) is 37.3 Å². The molecule has 0 aliphatic carbocycles. The first-order chi connectivity index (χ1) is 16.8. The van der Waals surface area contributed by atoms with E-state index in [1.54, 1.807) is 31.4 Å². The van der Waals surface area contributed by atoms with Crippen molar-refractivity contribution in [3.8, 4) is 17.2 Å². The van der Waals surface area contributed by atoms with Crippen LogP contribution < -0.4 is 14.8 Å². The number of amides is 1. The normalized spacial score (nSPS) is 14.3. The number of benzene rings is 3. The summed E-state index contributed by atoms with van der Waals surface area (Å²) in [6.45, 7) is 1.12. The summed E-state index contributed by atoms with van der Waals surface area (Å²) in [4.78, 5) is 12.8. The number of rotatable bonds is 8. The summed E-state index contributed by atoms with van der Waals surface area (Å²) in [5.41, 5.74) is 0.934. The molecule has 1 aliphatic rings. The average Bonchev–Trinajstić information content (AvgIpc) is 2.87. The molecule has 1 aliphatic heterocycles. The fourth-order valence-electron chi connectivity index (χ4n) is 3.55. The molecule has 1 N–H and O–H groups in total. The Balaban J connectivity index is 1.61. The van der Waals surface area contributed by atoms with Crippen molar-refractivity contribution in [2.24, 2.45) is 0 Å². The van der Waals surface area contributed by atoms with Gasteiger partial charge in [0.1, 0.15) is 17.3 Å². The van der Waals surface area contributed by atoms with E-state index in [0.717, 1.165) is 5.56 Å². The van der Waals surface area contributed by atoms with Gasteiger partial charge in [-0.2, -0.15) is 4.31 Å². The predicted octanol–water partition coefficient (Wildman–Crippen LogP) is 3.83. The number of nitrogens with zero attached hydrogens (tertiary/aromatic N) is 1. The number of ether oxygens (including phenoxy) is 3. The van der Waals surface area contributed by atoms with Crippen LogP contribution >= 0.6 is 0 Å². The van der Waals surface area contributed by atoms with Gasteiger partial charge in [0.2, 0.25) is 15.9 Å². The molecule has 1 fully saturated rings. The summed E-state index contributed by atoms with van der Waals surface area (Å²) in [7, 11) is -2.24. The number of carbonyl (C=O) groups excluding carboxylic acids is 1. The van der Waals surface area contributed by atoms with Crippen LogP contribution in [0.25, 0.3) is 0 Å². The molecule has 0 atom stereocenters. The van der Waals surface area contributed by atoms with Crippen molar-refractivity contribution < 1.29 is 31.8 Å². The number of methoxy groups -OCH3 is 1. The minimum absolute atomic E-state index is 0.0191. The van der Waals surface area contributed by atoms with Crippen molar-refractivity contribution in [2.45, 2.75) is 11.3 Å². The van der Waals surface area contributed by atoms with E-state index < -0.39 is 15.8 Å². The highest BCUT2D eigenvalue weighted by Crippen LogP contribution is 2.33. The van der Waals surface area contributed by atoms with E-state index in [-0.39, 0.29) is 41.7 Å². The van der Waals surface area contributed by atoms with Crippen LogP contribution in [-0.4, -0.2) is 52.0 Å². The summed E-state index contributed by atoms with van der Waals surface area (Å²) in [5, 5.41) is 2.76.